The third-order valence-corrected chi connectivity index (χ3v) is 17.2. The zero-order valence-corrected chi connectivity index (χ0v) is 54.1. The molecule has 0 aromatic heterocycles. The number of hydrogen-bond donors (Lipinski definition) is 0. The fraction of sp³-hybridized carbons (Fsp3) is 0. The summed E-state index contributed by atoms with van der Waals surface area (Å²) in [6.07, 6.45) is 0. The summed E-state index contributed by atoms with van der Waals surface area (Å²) in [5.74, 6) is 0. The van der Waals surface area contributed by atoms with Crippen molar-refractivity contribution in [3.63, 3.8) is 0 Å². The molecule has 0 saturated carbocycles. The van der Waals surface area contributed by atoms with Crippen LogP contribution in [0, 0.1) is 0 Å². The van der Waals surface area contributed by atoms with Crippen LogP contribution in [-0.2, 0) is 0 Å². The molecule has 0 aliphatic carbocycles. The van der Waals surface area contributed by atoms with E-state index in [2.05, 4.69) is 0 Å². The van der Waals surface area contributed by atoms with Crippen LogP contribution in [0.15, 0.2) is 423 Å². The van der Waals surface area contributed by atoms with Crippen molar-refractivity contribution in [3.8, 4) is 77.9 Å². The van der Waals surface area contributed by atoms with Gasteiger partial charge in [0.05, 0.1) is 94.6 Å². The standard InChI is InChI=1S/C40H26.2C34H22/c1-2-12-31-26-32(25-22-27(31)10-1)28-20-23-30(24-21-28)39-35-15-5-7-17-37(35)40(38-18-8-6-16-36(38)39)34-19-9-13-29-11-3-4-14-33(29)34;1-3-11-25-21-27(19-17-23(25)9-1)33-29-13-5-7-15-31(29)34(32-16-8-6-14-30(32)33)28-20-18-24-10-2-4-12-26(24)22-28;1-2-12-25-22-26(21-20-23(25)10-1)33-29-15-5-7-17-31(29)34(32-18-8-6-16-30(32)33)28-19-9-13-24-11-3-4-14-27(24)28/h1-26H;2*1-22H/i1D,2D,3D,4D,5D,6D,7D,8D,9D,10D,11D,12D,13D,14D,15D,16D,17D,19D,20D,21D,22D,23D,24D,25D,26D;2*1D,2D,3D,4D,5D,6D,7D,8D,9D,10D,11D,12D,13D,14D,15D,16D,17D,18D,19D,20D,21D,22D. The van der Waals surface area contributed by atoms with Crippen molar-refractivity contribution in [3.05, 3.63) is 423 Å². The number of fused-ring (bicyclic) bond motifs is 12. The second kappa shape index (κ2) is 27.2. The van der Waals surface area contributed by atoms with Crippen LogP contribution in [0.2, 0.25) is 0 Å². The Balaban J connectivity index is 0.000000156. The Labute approximate surface area is 724 Å². The van der Waals surface area contributed by atoms with E-state index in [0.717, 1.165) is 6.07 Å². The van der Waals surface area contributed by atoms with E-state index >= 15 is 0 Å². The smallest absolute Gasteiger partial charge is 0.0616 e. The maximum Gasteiger partial charge on any atom is 0.0636 e. The Hall–Kier alpha value is -14.0. The molecule has 0 nitrogen and oxygen atoms in total. The third-order valence-electron chi connectivity index (χ3n) is 17.2. The van der Waals surface area contributed by atoms with Crippen LogP contribution in [0.3, 0.4) is 0 Å². The highest BCUT2D eigenvalue weighted by Gasteiger charge is 2.22. The topological polar surface area (TPSA) is 0 Å². The molecule has 0 atom stereocenters. The number of rotatable bonds is 7. The van der Waals surface area contributed by atoms with Crippen molar-refractivity contribution in [2.75, 3.05) is 0 Å². The highest BCUT2D eigenvalue weighted by molar-refractivity contribution is 6.26. The molecular formula is C108H70. The van der Waals surface area contributed by atoms with E-state index in [4.69, 9.17) is 74.0 Å². The second-order valence-electron chi connectivity index (χ2n) is 23.1. The van der Waals surface area contributed by atoms with Crippen LogP contribution in [0.5, 0.6) is 0 Å². The first-order valence-electron chi connectivity index (χ1n) is 66.3. The Morgan fingerprint density at radius 2 is 0.333 bits per heavy atom. The quantitative estimate of drug-likeness (QED) is 0.140. The summed E-state index contributed by atoms with van der Waals surface area (Å²) < 4.78 is 607. The van der Waals surface area contributed by atoms with Crippen LogP contribution in [-0.4, -0.2) is 0 Å². The second-order valence-corrected chi connectivity index (χ2v) is 23.1. The zero-order chi connectivity index (χ0) is 131. The minimum absolute atomic E-state index is 0.423. The van der Waals surface area contributed by atoms with Crippen molar-refractivity contribution in [1.29, 1.82) is 0 Å². The molecule has 0 aliphatic rings. The fourth-order valence-electron chi connectivity index (χ4n) is 12.6. The van der Waals surface area contributed by atoms with E-state index in [0.29, 0.717) is 0 Å². The molecule has 0 bridgehead atoms. The van der Waals surface area contributed by atoms with Gasteiger partial charge in [-0.15, -0.1) is 0 Å². The molecule has 22 rings (SSSR count). The van der Waals surface area contributed by atoms with Crippen molar-refractivity contribution >= 4 is 129 Å². The Bertz CT molecular complexity index is 11300. The summed E-state index contributed by atoms with van der Waals surface area (Å²) in [5.41, 5.74) is -9.21. The van der Waals surface area contributed by atoms with Gasteiger partial charge in [0.2, 0.25) is 0 Å². The molecule has 22 aromatic carbocycles. The summed E-state index contributed by atoms with van der Waals surface area (Å²) in [6.45, 7) is 0. The fourth-order valence-corrected chi connectivity index (χ4v) is 12.6. The van der Waals surface area contributed by atoms with Gasteiger partial charge >= 0.3 is 0 Å². The predicted octanol–water partition coefficient (Wildman–Crippen LogP) is 30.6. The van der Waals surface area contributed by atoms with E-state index in [1.165, 1.54) is 0 Å². The summed E-state index contributed by atoms with van der Waals surface area (Å²) in [6, 6.07) is -58.1. The molecule has 0 fully saturated rings. The largest absolute Gasteiger partial charge is 0.0636 e. The van der Waals surface area contributed by atoms with Gasteiger partial charge in [0.15, 0.2) is 0 Å². The van der Waals surface area contributed by atoms with Crippen LogP contribution < -0.4 is 0 Å². The highest BCUT2D eigenvalue weighted by atomic mass is 14.3. The highest BCUT2D eigenvalue weighted by Crippen LogP contribution is 2.49. The third kappa shape index (κ3) is 11.3. The van der Waals surface area contributed by atoms with E-state index in [1.807, 2.05) is 0 Å². The molecule has 0 saturated heterocycles. The van der Waals surface area contributed by atoms with Gasteiger partial charge in [0.1, 0.15) is 0 Å². The van der Waals surface area contributed by atoms with Gasteiger partial charge in [-0.3, -0.25) is 0 Å². The normalized spacial score (nSPS) is 20.5. The minimum atomic E-state index is -1.02. The van der Waals surface area contributed by atoms with Gasteiger partial charge in [-0.2, -0.15) is 0 Å². The van der Waals surface area contributed by atoms with Crippen molar-refractivity contribution < 1.29 is 94.6 Å². The molecule has 22 aromatic rings. The molecule has 0 heterocycles. The molecular weight excluding hydrogens is 1300 g/mol. The van der Waals surface area contributed by atoms with Crippen LogP contribution in [0.4, 0.5) is 0 Å². The Kier molecular flexibility index (Phi) is 6.18. The first kappa shape index (κ1) is 24.5. The van der Waals surface area contributed by atoms with Gasteiger partial charge in [-0.25, -0.2) is 0 Å². The maximum absolute atomic E-state index is 9.42. The summed E-state index contributed by atoms with van der Waals surface area (Å²) in [7, 11) is 0. The van der Waals surface area contributed by atoms with Gasteiger partial charge in [-0.05, 0) is 231 Å². The number of benzene rings is 22. The summed E-state index contributed by atoms with van der Waals surface area (Å²) in [5, 5.41) is -13.9. The van der Waals surface area contributed by atoms with E-state index in [1.54, 1.807) is 0 Å². The lowest BCUT2D eigenvalue weighted by Gasteiger charge is -2.19. The average Bonchev–Trinajstić information content (AvgIpc) is 0.683. The Morgan fingerprint density at radius 1 is 0.120 bits per heavy atom. The first-order valence-corrected chi connectivity index (χ1v) is 31.8. The molecule has 0 unspecified atom stereocenters. The van der Waals surface area contributed by atoms with Gasteiger partial charge in [-0.1, -0.05) is 399 Å². The van der Waals surface area contributed by atoms with Crippen LogP contribution >= 0.6 is 0 Å². The molecule has 0 amide bonds. The van der Waals surface area contributed by atoms with E-state index < -0.39 is 624 Å². The molecule has 0 aliphatic heterocycles. The SMILES string of the molecule is [2H]c1c([2H])c([2H])c2c([2H])c(-c3c4c([2H])c([2H])c([2H])c([2H])c4c(-c4c([2H])c([2H])c([2H])c5c([2H])c([2H])c([2H])c([2H])c45)c4c([2H])c([2H])c([2H])c([2H])c34)c([2H])c([2H])c2c1[2H].[2H]c1c([2H])c([2H])c2c([2H])c(-c3c4c([2H])c([2H])c([2H])c([2H])c4c(-c4c([2H])c([2H])c5c([2H])c([2H])c([2H])c([2H])c5c4[2H])c4c([2H])c([2H])c([2H])c([2H])c34)c([2H])c([2H])c2c1[2H].[2H]c1cc2c(-c3c([2H])c([2H])c([2H])c4c([2H])c([2H])c([2H])c([2H])c34)c3c([2H])c([2H])c([2H])c([2H])c3c(-c3c([2H])c([2H])c(-c4c([2H])c([2H])c5c([2H])c([2H])c([2H])c([2H])c5c4[2H])c([2H])c3[2H])c2c([2H])c1[2H]. The van der Waals surface area contributed by atoms with Gasteiger partial charge < -0.3 is 0 Å². The average molecular weight is 1440 g/mol. The van der Waals surface area contributed by atoms with Crippen molar-refractivity contribution in [2.24, 2.45) is 0 Å². The van der Waals surface area contributed by atoms with E-state index in [-0.39, 0.29) is 0 Å². The number of hydrogen-bond acceptors (Lipinski definition) is 0. The zero-order valence-electron chi connectivity index (χ0n) is 123. The van der Waals surface area contributed by atoms with Crippen molar-refractivity contribution in [1.82, 2.24) is 0 Å². The van der Waals surface area contributed by atoms with Crippen LogP contribution in [0.25, 0.3) is 207 Å². The van der Waals surface area contributed by atoms with E-state index in [9.17, 15) is 20.6 Å². The molecule has 0 spiro atoms. The lowest BCUT2D eigenvalue weighted by atomic mass is 9.84. The van der Waals surface area contributed by atoms with Gasteiger partial charge in [0.25, 0.3) is 0 Å². The first-order chi connectivity index (χ1) is 82.3. The molecule has 502 valence electrons. The van der Waals surface area contributed by atoms with Gasteiger partial charge in [0, 0.05) is 0 Å². The maximum atomic E-state index is 9.42. The van der Waals surface area contributed by atoms with Crippen LogP contribution in [0.1, 0.15) is 94.6 Å². The summed E-state index contributed by atoms with van der Waals surface area (Å²) in [4.78, 5) is 0. The lowest BCUT2D eigenvalue weighted by Crippen LogP contribution is -1.91. The van der Waals surface area contributed by atoms with Crippen molar-refractivity contribution in [2.45, 2.75) is 0 Å². The summed E-state index contributed by atoms with van der Waals surface area (Å²) >= 11 is 0. The molecule has 0 N–H and O–H groups in total. The molecule has 0 heteroatoms. The molecule has 0 radical (unpaired) electrons. The molecule has 108 heavy (non-hydrogen) atoms. The minimum Gasteiger partial charge on any atom is -0.0616 e. The predicted molar refractivity (Wildman–Crippen MR) is 467 cm³/mol. The Morgan fingerprint density at radius 3 is 0.676 bits per heavy atom. The monoisotopic (exact) mass is 1440 g/mol. The lowest BCUT2D eigenvalue weighted by molar-refractivity contribution is 1.63.